The maximum atomic E-state index is 4.40. The molecular formula is C13H20N4. The highest BCUT2D eigenvalue weighted by atomic mass is 15.3. The van der Waals surface area contributed by atoms with E-state index in [4.69, 9.17) is 0 Å². The second-order valence-electron chi connectivity index (χ2n) is 5.14. The van der Waals surface area contributed by atoms with Gasteiger partial charge in [0.05, 0.1) is 0 Å². The number of aromatic nitrogens is 2. The third-order valence-corrected chi connectivity index (χ3v) is 3.65. The normalized spacial score (nSPS) is 24.6. The topological polar surface area (TPSA) is 41.1 Å². The van der Waals surface area contributed by atoms with Crippen LogP contribution in [0.4, 0.5) is 5.95 Å². The molecule has 0 bridgehead atoms. The number of piperidine rings is 1. The minimum absolute atomic E-state index is 0.694. The summed E-state index contributed by atoms with van der Waals surface area (Å²) in [6.45, 7) is 3.44. The van der Waals surface area contributed by atoms with Crippen molar-refractivity contribution in [2.45, 2.75) is 31.7 Å². The molecule has 3 rings (SSSR count). The molecule has 2 fully saturated rings. The fourth-order valence-electron chi connectivity index (χ4n) is 2.58. The molecule has 2 aliphatic rings. The van der Waals surface area contributed by atoms with E-state index < -0.39 is 0 Å². The lowest BCUT2D eigenvalue weighted by molar-refractivity contribution is 0.374. The van der Waals surface area contributed by atoms with E-state index in [-0.39, 0.29) is 0 Å². The van der Waals surface area contributed by atoms with Gasteiger partial charge in [0.25, 0.3) is 0 Å². The van der Waals surface area contributed by atoms with Crippen molar-refractivity contribution in [2.24, 2.45) is 5.92 Å². The quantitative estimate of drug-likeness (QED) is 0.853. The van der Waals surface area contributed by atoms with E-state index in [2.05, 4.69) is 20.2 Å². The van der Waals surface area contributed by atoms with E-state index in [9.17, 15) is 0 Å². The maximum absolute atomic E-state index is 4.40. The number of nitrogens with zero attached hydrogens (tertiary/aromatic N) is 3. The lowest BCUT2D eigenvalue weighted by Crippen LogP contribution is -2.40. The van der Waals surface area contributed by atoms with Crippen molar-refractivity contribution >= 4 is 5.95 Å². The van der Waals surface area contributed by atoms with E-state index >= 15 is 0 Å². The summed E-state index contributed by atoms with van der Waals surface area (Å²) in [6, 6.07) is 2.58. The van der Waals surface area contributed by atoms with Gasteiger partial charge in [0.15, 0.2) is 0 Å². The molecule has 0 amide bonds. The summed E-state index contributed by atoms with van der Waals surface area (Å²) >= 11 is 0. The zero-order valence-corrected chi connectivity index (χ0v) is 10.2. The molecule has 1 saturated heterocycles. The predicted octanol–water partition coefficient (Wildman–Crippen LogP) is 1.44. The molecule has 4 nitrogen and oxygen atoms in total. The lowest BCUT2D eigenvalue weighted by atomic mass is 9.99. The third kappa shape index (κ3) is 2.75. The van der Waals surface area contributed by atoms with Gasteiger partial charge in [-0.15, -0.1) is 0 Å². The van der Waals surface area contributed by atoms with Crippen LogP contribution in [0, 0.1) is 5.92 Å². The van der Waals surface area contributed by atoms with E-state index in [0.717, 1.165) is 25.0 Å². The monoisotopic (exact) mass is 232 g/mol. The first-order valence-electron chi connectivity index (χ1n) is 6.68. The highest BCUT2D eigenvalue weighted by molar-refractivity contribution is 5.33. The van der Waals surface area contributed by atoms with Crippen molar-refractivity contribution in [3.8, 4) is 0 Å². The summed E-state index contributed by atoms with van der Waals surface area (Å²) in [5.41, 5.74) is 0. The van der Waals surface area contributed by atoms with Crippen LogP contribution in [-0.4, -0.2) is 35.6 Å². The summed E-state index contributed by atoms with van der Waals surface area (Å²) in [7, 11) is 0. The first-order valence-corrected chi connectivity index (χ1v) is 6.68. The van der Waals surface area contributed by atoms with E-state index in [1.54, 1.807) is 0 Å². The van der Waals surface area contributed by atoms with Gasteiger partial charge in [-0.25, -0.2) is 9.97 Å². The Morgan fingerprint density at radius 2 is 2.06 bits per heavy atom. The SMILES string of the molecule is c1cnc(N(CC2CCCNC2)C2CC2)nc1. The molecule has 2 heterocycles. The van der Waals surface area contributed by atoms with E-state index in [0.29, 0.717) is 6.04 Å². The summed E-state index contributed by atoms with van der Waals surface area (Å²) in [5.74, 6) is 1.67. The van der Waals surface area contributed by atoms with Gasteiger partial charge in [0, 0.05) is 25.0 Å². The molecule has 1 aliphatic carbocycles. The number of anilines is 1. The summed E-state index contributed by atoms with van der Waals surface area (Å²) in [6.07, 6.45) is 8.94. The number of nitrogens with one attached hydrogen (secondary N) is 1. The number of hydrogen-bond acceptors (Lipinski definition) is 4. The molecule has 1 N–H and O–H groups in total. The molecule has 0 radical (unpaired) electrons. The van der Waals surface area contributed by atoms with Crippen LogP contribution in [0.25, 0.3) is 0 Å². The van der Waals surface area contributed by atoms with Crippen LogP contribution in [0.2, 0.25) is 0 Å². The Labute approximate surface area is 102 Å². The Hall–Kier alpha value is -1.16. The van der Waals surface area contributed by atoms with Gasteiger partial charge in [0.1, 0.15) is 0 Å². The van der Waals surface area contributed by atoms with Crippen LogP contribution < -0.4 is 10.2 Å². The van der Waals surface area contributed by atoms with Gasteiger partial charge in [0.2, 0.25) is 5.95 Å². The Balaban J connectivity index is 1.67. The molecule has 1 saturated carbocycles. The number of hydrogen-bond donors (Lipinski definition) is 1. The Kier molecular flexibility index (Phi) is 3.22. The van der Waals surface area contributed by atoms with Crippen molar-refractivity contribution in [3.63, 3.8) is 0 Å². The van der Waals surface area contributed by atoms with Crippen LogP contribution >= 0.6 is 0 Å². The molecule has 1 atom stereocenters. The van der Waals surface area contributed by atoms with Crippen LogP contribution in [0.15, 0.2) is 18.5 Å². The number of rotatable bonds is 4. The molecule has 0 spiro atoms. The van der Waals surface area contributed by atoms with Crippen LogP contribution in [0.1, 0.15) is 25.7 Å². The van der Waals surface area contributed by atoms with Crippen molar-refractivity contribution in [1.29, 1.82) is 0 Å². The second-order valence-corrected chi connectivity index (χ2v) is 5.14. The highest BCUT2D eigenvalue weighted by Crippen LogP contribution is 2.30. The van der Waals surface area contributed by atoms with Gasteiger partial charge >= 0.3 is 0 Å². The molecule has 0 aromatic carbocycles. The molecule has 1 aromatic heterocycles. The fourth-order valence-corrected chi connectivity index (χ4v) is 2.58. The van der Waals surface area contributed by atoms with Gasteiger partial charge < -0.3 is 10.2 Å². The van der Waals surface area contributed by atoms with E-state index in [1.165, 1.54) is 32.2 Å². The average Bonchev–Trinajstić information content (AvgIpc) is 3.23. The third-order valence-electron chi connectivity index (χ3n) is 3.65. The van der Waals surface area contributed by atoms with Crippen LogP contribution in [0.3, 0.4) is 0 Å². The van der Waals surface area contributed by atoms with Crippen molar-refractivity contribution in [2.75, 3.05) is 24.5 Å². The van der Waals surface area contributed by atoms with E-state index in [1.807, 2.05) is 18.5 Å². The zero-order valence-electron chi connectivity index (χ0n) is 10.2. The minimum Gasteiger partial charge on any atom is -0.338 e. The zero-order chi connectivity index (χ0) is 11.5. The van der Waals surface area contributed by atoms with Crippen molar-refractivity contribution in [3.05, 3.63) is 18.5 Å². The molecule has 17 heavy (non-hydrogen) atoms. The first kappa shape index (κ1) is 11.0. The first-order chi connectivity index (χ1) is 8.43. The van der Waals surface area contributed by atoms with Crippen molar-refractivity contribution < 1.29 is 0 Å². The van der Waals surface area contributed by atoms with Crippen molar-refractivity contribution in [1.82, 2.24) is 15.3 Å². The molecule has 1 unspecified atom stereocenters. The Morgan fingerprint density at radius 1 is 1.24 bits per heavy atom. The van der Waals surface area contributed by atoms with Crippen LogP contribution in [-0.2, 0) is 0 Å². The van der Waals surface area contributed by atoms with Gasteiger partial charge in [-0.1, -0.05) is 0 Å². The Bertz CT molecular complexity index is 344. The minimum atomic E-state index is 0.694. The van der Waals surface area contributed by atoms with Gasteiger partial charge in [-0.2, -0.15) is 0 Å². The molecule has 1 aliphatic heterocycles. The average molecular weight is 232 g/mol. The van der Waals surface area contributed by atoms with Gasteiger partial charge in [-0.3, -0.25) is 0 Å². The smallest absolute Gasteiger partial charge is 0.225 e. The highest BCUT2D eigenvalue weighted by Gasteiger charge is 2.32. The maximum Gasteiger partial charge on any atom is 0.225 e. The van der Waals surface area contributed by atoms with Gasteiger partial charge in [-0.05, 0) is 50.8 Å². The fraction of sp³-hybridized carbons (Fsp3) is 0.692. The molecular weight excluding hydrogens is 212 g/mol. The van der Waals surface area contributed by atoms with Crippen LogP contribution in [0.5, 0.6) is 0 Å². The predicted molar refractivity (Wildman–Crippen MR) is 68.0 cm³/mol. The molecule has 92 valence electrons. The standard InChI is InChI=1S/C13H20N4/c1-3-11(9-14-6-1)10-17(12-4-5-12)13-15-7-2-8-16-13/h2,7-8,11-12,14H,1,3-6,9-10H2. The Morgan fingerprint density at radius 3 is 2.71 bits per heavy atom. The molecule has 4 heteroatoms. The summed E-state index contributed by atoms with van der Waals surface area (Å²) < 4.78 is 0. The lowest BCUT2D eigenvalue weighted by Gasteiger charge is -2.30. The second kappa shape index (κ2) is 5.00. The summed E-state index contributed by atoms with van der Waals surface area (Å²) in [5, 5.41) is 3.48. The summed E-state index contributed by atoms with van der Waals surface area (Å²) in [4.78, 5) is 11.2. The molecule has 1 aromatic rings. The largest absolute Gasteiger partial charge is 0.338 e.